The molecule has 0 aliphatic heterocycles. The Hall–Kier alpha value is -2.44. The average molecular weight is 440 g/mol. The van der Waals surface area contributed by atoms with Crippen molar-refractivity contribution < 1.29 is 24.2 Å². The second-order valence-corrected chi connectivity index (χ2v) is 8.19. The Morgan fingerprint density at radius 1 is 1.07 bits per heavy atom. The normalized spacial score (nSPS) is 12.2. The summed E-state index contributed by atoms with van der Waals surface area (Å²) >= 11 is 12.2. The van der Waals surface area contributed by atoms with Crippen LogP contribution >= 0.6 is 23.2 Å². The molecule has 1 atom stereocenters. The van der Waals surface area contributed by atoms with Crippen LogP contribution in [0.3, 0.4) is 0 Å². The molecule has 156 valence electrons. The first-order valence-electron chi connectivity index (χ1n) is 8.92. The van der Waals surface area contributed by atoms with Gasteiger partial charge in [-0.3, -0.25) is 0 Å². The number of carbonyl (C=O) groups excluding carboxylic acids is 1. The van der Waals surface area contributed by atoms with Crippen LogP contribution in [-0.2, 0) is 22.6 Å². The van der Waals surface area contributed by atoms with Gasteiger partial charge in [-0.05, 0) is 50.6 Å². The maximum absolute atomic E-state index is 11.9. The fraction of sp³-hybridized carbons (Fsp3) is 0.333. The van der Waals surface area contributed by atoms with Gasteiger partial charge < -0.3 is 19.9 Å². The van der Waals surface area contributed by atoms with Crippen molar-refractivity contribution in [1.29, 1.82) is 0 Å². The van der Waals surface area contributed by atoms with Gasteiger partial charge in [0.1, 0.15) is 24.0 Å². The van der Waals surface area contributed by atoms with Crippen molar-refractivity contribution in [3.8, 4) is 5.75 Å². The topological polar surface area (TPSA) is 84.9 Å². The van der Waals surface area contributed by atoms with E-state index in [2.05, 4.69) is 5.32 Å². The van der Waals surface area contributed by atoms with E-state index >= 15 is 0 Å². The van der Waals surface area contributed by atoms with Crippen LogP contribution in [0.15, 0.2) is 42.5 Å². The van der Waals surface area contributed by atoms with Crippen molar-refractivity contribution in [2.45, 2.75) is 45.4 Å². The fourth-order valence-corrected chi connectivity index (χ4v) is 2.94. The number of hydrogen-bond acceptors (Lipinski definition) is 4. The average Bonchev–Trinajstić information content (AvgIpc) is 2.60. The zero-order valence-electron chi connectivity index (χ0n) is 16.4. The lowest BCUT2D eigenvalue weighted by atomic mass is 10.1. The third kappa shape index (κ3) is 7.48. The molecule has 8 heteroatoms. The number of rotatable bonds is 7. The van der Waals surface area contributed by atoms with Crippen LogP contribution in [0.5, 0.6) is 5.75 Å². The van der Waals surface area contributed by atoms with E-state index in [0.29, 0.717) is 21.4 Å². The summed E-state index contributed by atoms with van der Waals surface area (Å²) < 4.78 is 10.8. The summed E-state index contributed by atoms with van der Waals surface area (Å²) in [4.78, 5) is 23.3. The minimum Gasteiger partial charge on any atom is -0.489 e. The Labute approximate surface area is 179 Å². The number of carbonyl (C=O) groups is 2. The summed E-state index contributed by atoms with van der Waals surface area (Å²) in [7, 11) is 0. The van der Waals surface area contributed by atoms with E-state index < -0.39 is 23.7 Å². The maximum Gasteiger partial charge on any atom is 0.408 e. The molecule has 29 heavy (non-hydrogen) atoms. The van der Waals surface area contributed by atoms with E-state index in [4.69, 9.17) is 32.7 Å². The lowest BCUT2D eigenvalue weighted by molar-refractivity contribution is -0.139. The van der Waals surface area contributed by atoms with Crippen molar-refractivity contribution in [2.75, 3.05) is 0 Å². The molecule has 0 heterocycles. The quantitative estimate of drug-likeness (QED) is 0.627. The summed E-state index contributed by atoms with van der Waals surface area (Å²) in [5.74, 6) is -0.568. The molecule has 1 amide bonds. The van der Waals surface area contributed by atoms with Gasteiger partial charge in [-0.2, -0.15) is 0 Å². The highest BCUT2D eigenvalue weighted by Gasteiger charge is 2.24. The van der Waals surface area contributed by atoms with Crippen LogP contribution in [0.1, 0.15) is 31.9 Å². The molecule has 6 nitrogen and oxygen atoms in total. The van der Waals surface area contributed by atoms with Gasteiger partial charge in [0.05, 0.1) is 0 Å². The molecule has 2 N–H and O–H groups in total. The Kier molecular flexibility index (Phi) is 7.76. The van der Waals surface area contributed by atoms with Gasteiger partial charge in [-0.15, -0.1) is 0 Å². The first kappa shape index (κ1) is 22.8. The number of benzene rings is 2. The van der Waals surface area contributed by atoms with Gasteiger partial charge in [-0.1, -0.05) is 41.4 Å². The number of carboxylic acid groups (broad SMARTS) is 1. The first-order chi connectivity index (χ1) is 13.5. The van der Waals surface area contributed by atoms with E-state index in [1.807, 2.05) is 0 Å². The number of nitrogens with one attached hydrogen (secondary N) is 1. The molecule has 0 saturated heterocycles. The lowest BCUT2D eigenvalue weighted by Crippen LogP contribution is -2.44. The van der Waals surface area contributed by atoms with Crippen LogP contribution in [0.2, 0.25) is 10.0 Å². The number of alkyl carbamates (subject to hydrolysis) is 1. The lowest BCUT2D eigenvalue weighted by Gasteiger charge is -2.22. The number of halogens is 2. The molecular weight excluding hydrogens is 417 g/mol. The molecule has 0 aromatic heterocycles. The molecule has 1 unspecified atom stereocenters. The van der Waals surface area contributed by atoms with Gasteiger partial charge in [0.2, 0.25) is 0 Å². The predicted octanol–water partition coefficient (Wildman–Crippen LogP) is 5.09. The summed E-state index contributed by atoms with van der Waals surface area (Å²) in [6, 6.07) is 11.0. The van der Waals surface area contributed by atoms with Crippen molar-refractivity contribution in [2.24, 2.45) is 0 Å². The molecule has 0 spiro atoms. The van der Waals surface area contributed by atoms with Crippen LogP contribution < -0.4 is 10.1 Å². The zero-order valence-corrected chi connectivity index (χ0v) is 17.9. The highest BCUT2D eigenvalue weighted by atomic mass is 35.5. The zero-order chi connectivity index (χ0) is 21.6. The molecule has 0 fully saturated rings. The van der Waals surface area contributed by atoms with E-state index in [-0.39, 0.29) is 13.0 Å². The van der Waals surface area contributed by atoms with Crippen LogP contribution in [0.25, 0.3) is 0 Å². The van der Waals surface area contributed by atoms with Gasteiger partial charge >= 0.3 is 12.1 Å². The van der Waals surface area contributed by atoms with Gasteiger partial charge in [-0.25, -0.2) is 9.59 Å². The second-order valence-electron chi connectivity index (χ2n) is 7.37. The minimum atomic E-state index is -1.15. The summed E-state index contributed by atoms with van der Waals surface area (Å²) in [6.07, 6.45) is -0.674. The SMILES string of the molecule is CC(C)(C)OC(=O)NC(Cc1ccc(OCc2c(Cl)cccc2Cl)cc1)C(=O)O. The fourth-order valence-electron chi connectivity index (χ4n) is 2.43. The number of hydrogen-bond donors (Lipinski definition) is 2. The van der Waals surface area contributed by atoms with E-state index in [0.717, 1.165) is 5.56 Å². The largest absolute Gasteiger partial charge is 0.489 e. The van der Waals surface area contributed by atoms with Crippen molar-refractivity contribution in [3.63, 3.8) is 0 Å². The number of ether oxygens (including phenoxy) is 2. The van der Waals surface area contributed by atoms with Crippen molar-refractivity contribution >= 4 is 35.3 Å². The molecular formula is C21H23Cl2NO5. The van der Waals surface area contributed by atoms with Crippen LogP contribution in [-0.4, -0.2) is 28.8 Å². The van der Waals surface area contributed by atoms with Gasteiger partial charge in [0.25, 0.3) is 0 Å². The maximum atomic E-state index is 11.9. The summed E-state index contributed by atoms with van der Waals surface area (Å²) in [6.45, 7) is 5.32. The monoisotopic (exact) mass is 439 g/mol. The molecule has 0 radical (unpaired) electrons. The molecule has 0 bridgehead atoms. The van der Waals surface area contributed by atoms with Crippen molar-refractivity contribution in [1.82, 2.24) is 5.32 Å². The van der Waals surface area contributed by atoms with E-state index in [9.17, 15) is 14.7 Å². The molecule has 0 saturated carbocycles. The predicted molar refractivity (Wildman–Crippen MR) is 112 cm³/mol. The minimum absolute atomic E-state index is 0.102. The molecule has 2 aromatic carbocycles. The van der Waals surface area contributed by atoms with Crippen LogP contribution in [0, 0.1) is 0 Å². The number of aliphatic carboxylic acids is 1. The third-order valence-corrected chi connectivity index (χ3v) is 4.51. The third-order valence-electron chi connectivity index (χ3n) is 3.80. The Morgan fingerprint density at radius 3 is 2.17 bits per heavy atom. The number of amides is 1. The summed E-state index contributed by atoms with van der Waals surface area (Å²) in [5, 5.41) is 12.8. The van der Waals surface area contributed by atoms with Crippen LogP contribution in [0.4, 0.5) is 4.79 Å². The molecule has 0 aliphatic carbocycles. The Balaban J connectivity index is 1.97. The molecule has 0 aliphatic rings. The highest BCUT2D eigenvalue weighted by molar-refractivity contribution is 6.35. The van der Waals surface area contributed by atoms with E-state index in [1.165, 1.54) is 0 Å². The Morgan fingerprint density at radius 2 is 1.66 bits per heavy atom. The van der Waals surface area contributed by atoms with Crippen molar-refractivity contribution in [3.05, 3.63) is 63.6 Å². The summed E-state index contributed by atoms with van der Waals surface area (Å²) in [5.41, 5.74) is 0.695. The van der Waals surface area contributed by atoms with Gasteiger partial charge in [0.15, 0.2) is 0 Å². The number of carboxylic acids is 1. The van der Waals surface area contributed by atoms with Gasteiger partial charge in [0, 0.05) is 22.0 Å². The first-order valence-corrected chi connectivity index (χ1v) is 9.67. The second kappa shape index (κ2) is 9.85. The standard InChI is InChI=1S/C21H23Cl2NO5/c1-21(2,3)29-20(27)24-18(19(25)26)11-13-7-9-14(10-8-13)28-12-15-16(22)5-4-6-17(15)23/h4-10,18H,11-12H2,1-3H3,(H,24,27)(H,25,26). The van der Waals surface area contributed by atoms with E-state index in [1.54, 1.807) is 63.2 Å². The smallest absolute Gasteiger partial charge is 0.408 e. The highest BCUT2D eigenvalue weighted by Crippen LogP contribution is 2.26. The molecule has 2 rings (SSSR count). The Bertz CT molecular complexity index is 842. The molecule has 2 aromatic rings.